The quantitative estimate of drug-likeness (QED) is 0.311. The van der Waals surface area contributed by atoms with Gasteiger partial charge in [-0.3, -0.25) is 0 Å². The molecule has 4 rings (SSSR count). The summed E-state index contributed by atoms with van der Waals surface area (Å²) in [5.74, 6) is 1.26. The molecule has 0 radical (unpaired) electrons. The Bertz CT molecular complexity index is 1260. The second kappa shape index (κ2) is 10.5. The van der Waals surface area contributed by atoms with Gasteiger partial charge in [-0.1, -0.05) is 74.1 Å². The molecule has 4 nitrogen and oxygen atoms in total. The van der Waals surface area contributed by atoms with E-state index in [1.54, 1.807) is 0 Å². The zero-order valence-corrected chi connectivity index (χ0v) is 19.5. The largest absolute Gasteiger partial charge is 0.506 e. The standard InChI is InChI=1S/C28H26O4S/c1-19(2)23-10-6-7-11-26(23)33-27-24(29)18-25(32-28(27)30)21-12-14-22(15-13-21)31-17-16-20-8-4-3-5-9-20/h3-15,18-19,29H,16-17H2,1-2H3. The summed E-state index contributed by atoms with van der Waals surface area (Å²) >= 11 is 1.23. The Morgan fingerprint density at radius 1 is 0.939 bits per heavy atom. The second-order valence-electron chi connectivity index (χ2n) is 8.02. The van der Waals surface area contributed by atoms with E-state index in [1.165, 1.54) is 23.4 Å². The SMILES string of the molecule is CC(C)c1ccccc1Sc1c(O)cc(-c2ccc(OCCc3ccccc3)cc2)oc1=O. The summed E-state index contributed by atoms with van der Waals surface area (Å²) in [6, 6.07) is 26.8. The summed E-state index contributed by atoms with van der Waals surface area (Å²) in [5, 5.41) is 10.6. The van der Waals surface area contributed by atoms with E-state index in [0.717, 1.165) is 22.6 Å². The van der Waals surface area contributed by atoms with Gasteiger partial charge < -0.3 is 14.3 Å². The van der Waals surface area contributed by atoms with Crippen LogP contribution in [0.25, 0.3) is 11.3 Å². The number of aromatic hydroxyl groups is 1. The first-order chi connectivity index (χ1) is 16.0. The molecule has 4 aromatic rings. The maximum absolute atomic E-state index is 12.7. The first kappa shape index (κ1) is 22.7. The molecule has 0 amide bonds. The van der Waals surface area contributed by atoms with Gasteiger partial charge in [-0.15, -0.1) is 0 Å². The topological polar surface area (TPSA) is 59.7 Å². The molecule has 168 valence electrons. The fourth-order valence-corrected chi connectivity index (χ4v) is 4.59. The van der Waals surface area contributed by atoms with Crippen LogP contribution >= 0.6 is 11.8 Å². The minimum absolute atomic E-state index is 0.0898. The highest BCUT2D eigenvalue weighted by Crippen LogP contribution is 2.37. The van der Waals surface area contributed by atoms with Crippen molar-refractivity contribution in [2.24, 2.45) is 0 Å². The van der Waals surface area contributed by atoms with Crippen LogP contribution in [0.5, 0.6) is 11.5 Å². The van der Waals surface area contributed by atoms with Gasteiger partial charge in [-0.25, -0.2) is 4.79 Å². The maximum Gasteiger partial charge on any atom is 0.354 e. The molecule has 3 aromatic carbocycles. The first-order valence-electron chi connectivity index (χ1n) is 10.9. The van der Waals surface area contributed by atoms with Crippen molar-refractivity contribution in [2.75, 3.05) is 6.61 Å². The van der Waals surface area contributed by atoms with Crippen molar-refractivity contribution in [1.82, 2.24) is 0 Å². The molecule has 0 saturated carbocycles. The Balaban J connectivity index is 1.47. The lowest BCUT2D eigenvalue weighted by Gasteiger charge is -2.12. The molecular formula is C28H26O4S. The van der Waals surface area contributed by atoms with E-state index < -0.39 is 5.63 Å². The average molecular weight is 459 g/mol. The van der Waals surface area contributed by atoms with Crippen LogP contribution in [0.3, 0.4) is 0 Å². The molecule has 1 N–H and O–H groups in total. The van der Waals surface area contributed by atoms with Crippen molar-refractivity contribution >= 4 is 11.8 Å². The molecule has 0 fully saturated rings. The zero-order chi connectivity index (χ0) is 23.2. The number of rotatable bonds is 8. The smallest absolute Gasteiger partial charge is 0.354 e. The Labute approximate surface area is 197 Å². The van der Waals surface area contributed by atoms with Crippen molar-refractivity contribution in [3.8, 4) is 22.8 Å². The Morgan fingerprint density at radius 3 is 2.33 bits per heavy atom. The molecular weight excluding hydrogens is 432 g/mol. The molecule has 0 spiro atoms. The fourth-order valence-electron chi connectivity index (χ4n) is 3.51. The van der Waals surface area contributed by atoms with Gasteiger partial charge in [-0.05, 0) is 47.4 Å². The third kappa shape index (κ3) is 5.68. The van der Waals surface area contributed by atoms with Crippen molar-refractivity contribution in [2.45, 2.75) is 36.0 Å². The molecule has 0 bridgehead atoms. The monoisotopic (exact) mass is 458 g/mol. The molecule has 0 atom stereocenters. The molecule has 5 heteroatoms. The van der Waals surface area contributed by atoms with Crippen molar-refractivity contribution in [3.05, 3.63) is 106 Å². The lowest BCUT2D eigenvalue weighted by molar-refractivity contribution is 0.322. The predicted molar refractivity (Wildman–Crippen MR) is 132 cm³/mol. The van der Waals surface area contributed by atoms with E-state index >= 15 is 0 Å². The molecule has 0 aliphatic rings. The predicted octanol–water partition coefficient (Wildman–Crippen LogP) is 6.91. The molecule has 33 heavy (non-hydrogen) atoms. The number of ether oxygens (including phenoxy) is 1. The van der Waals surface area contributed by atoms with Gasteiger partial charge in [0.25, 0.3) is 0 Å². The minimum atomic E-state index is -0.559. The van der Waals surface area contributed by atoms with Crippen LogP contribution in [0.2, 0.25) is 0 Å². The van der Waals surface area contributed by atoms with E-state index in [0.29, 0.717) is 23.8 Å². The van der Waals surface area contributed by atoms with Crippen LogP contribution in [0.15, 0.2) is 104 Å². The fraction of sp³-hybridized carbons (Fsp3) is 0.179. The van der Waals surface area contributed by atoms with Crippen LogP contribution in [0.1, 0.15) is 30.9 Å². The van der Waals surface area contributed by atoms with Crippen LogP contribution < -0.4 is 10.4 Å². The first-order valence-corrected chi connectivity index (χ1v) is 11.7. The summed E-state index contributed by atoms with van der Waals surface area (Å²) < 4.78 is 11.4. The van der Waals surface area contributed by atoms with Crippen LogP contribution in [-0.4, -0.2) is 11.7 Å². The summed E-state index contributed by atoms with van der Waals surface area (Å²) in [5.41, 5.74) is 2.47. The second-order valence-corrected chi connectivity index (χ2v) is 9.07. The van der Waals surface area contributed by atoms with Crippen LogP contribution in [-0.2, 0) is 6.42 Å². The summed E-state index contributed by atoms with van der Waals surface area (Å²) in [6.07, 6.45) is 0.824. The van der Waals surface area contributed by atoms with E-state index in [-0.39, 0.29) is 10.6 Å². The maximum atomic E-state index is 12.7. The van der Waals surface area contributed by atoms with Gasteiger partial charge in [-0.2, -0.15) is 0 Å². The third-order valence-electron chi connectivity index (χ3n) is 5.28. The molecule has 1 aromatic heterocycles. The summed E-state index contributed by atoms with van der Waals surface area (Å²) in [7, 11) is 0. The van der Waals surface area contributed by atoms with Gasteiger partial charge in [0.1, 0.15) is 22.2 Å². The van der Waals surface area contributed by atoms with Gasteiger partial charge in [0.2, 0.25) is 0 Å². The zero-order valence-electron chi connectivity index (χ0n) is 18.7. The number of hydrogen-bond donors (Lipinski definition) is 1. The Kier molecular flexibility index (Phi) is 7.20. The average Bonchev–Trinajstić information content (AvgIpc) is 2.82. The molecule has 1 heterocycles. The lowest BCUT2D eigenvalue weighted by Crippen LogP contribution is -2.04. The number of benzene rings is 3. The molecule has 0 aliphatic heterocycles. The summed E-state index contributed by atoms with van der Waals surface area (Å²) in [4.78, 5) is 13.8. The highest BCUT2D eigenvalue weighted by Gasteiger charge is 2.16. The lowest BCUT2D eigenvalue weighted by atomic mass is 10.0. The Hall–Kier alpha value is -3.44. The van der Waals surface area contributed by atoms with Gasteiger partial charge >= 0.3 is 5.63 Å². The third-order valence-corrected chi connectivity index (χ3v) is 6.45. The van der Waals surface area contributed by atoms with E-state index in [9.17, 15) is 9.90 Å². The highest BCUT2D eigenvalue weighted by atomic mass is 32.2. The summed E-state index contributed by atoms with van der Waals surface area (Å²) in [6.45, 7) is 4.77. The van der Waals surface area contributed by atoms with Crippen molar-refractivity contribution < 1.29 is 14.3 Å². The van der Waals surface area contributed by atoms with Gasteiger partial charge in [0.15, 0.2) is 0 Å². The minimum Gasteiger partial charge on any atom is -0.506 e. The van der Waals surface area contributed by atoms with E-state index in [4.69, 9.17) is 9.15 Å². The Morgan fingerprint density at radius 2 is 1.64 bits per heavy atom. The van der Waals surface area contributed by atoms with E-state index in [1.807, 2.05) is 66.7 Å². The molecule has 0 unspecified atom stereocenters. The molecule has 0 saturated heterocycles. The van der Waals surface area contributed by atoms with E-state index in [2.05, 4.69) is 26.0 Å². The molecule has 0 aliphatic carbocycles. The number of hydrogen-bond acceptors (Lipinski definition) is 5. The van der Waals surface area contributed by atoms with Crippen molar-refractivity contribution in [1.29, 1.82) is 0 Å². The highest BCUT2D eigenvalue weighted by molar-refractivity contribution is 7.99. The van der Waals surface area contributed by atoms with Crippen LogP contribution in [0.4, 0.5) is 0 Å². The van der Waals surface area contributed by atoms with Crippen molar-refractivity contribution in [3.63, 3.8) is 0 Å². The van der Waals surface area contributed by atoms with Gasteiger partial charge in [0, 0.05) is 22.9 Å². The van der Waals surface area contributed by atoms with Gasteiger partial charge in [0.05, 0.1) is 6.61 Å². The normalized spacial score (nSPS) is 11.0. The van der Waals surface area contributed by atoms with Crippen LogP contribution in [0, 0.1) is 0 Å².